The largest absolute Gasteiger partial charge is 0.381 e. The minimum Gasteiger partial charge on any atom is -0.381 e. The summed E-state index contributed by atoms with van der Waals surface area (Å²) in [5.41, 5.74) is 3.21. The van der Waals surface area contributed by atoms with Gasteiger partial charge in [-0.15, -0.1) is 0 Å². The molecule has 3 aliphatic heterocycles. The van der Waals surface area contributed by atoms with Gasteiger partial charge in [0.2, 0.25) is 5.95 Å². The molecule has 0 saturated carbocycles. The van der Waals surface area contributed by atoms with E-state index in [0.29, 0.717) is 69.0 Å². The molecular formula is C25H33N9O3S. The van der Waals surface area contributed by atoms with Crippen LogP contribution in [0.15, 0.2) is 17.3 Å². The fraction of sp³-hybridized carbons (Fsp3) is 0.560. The number of hydrogen-bond donors (Lipinski definition) is 1. The van der Waals surface area contributed by atoms with E-state index in [-0.39, 0.29) is 11.9 Å². The molecule has 1 unspecified atom stereocenters. The molecule has 1 amide bonds. The molecular weight excluding hydrogens is 506 g/mol. The average molecular weight is 540 g/mol. The van der Waals surface area contributed by atoms with Gasteiger partial charge in [0.15, 0.2) is 0 Å². The van der Waals surface area contributed by atoms with E-state index in [1.807, 2.05) is 30.9 Å². The third kappa shape index (κ3) is 4.80. The molecule has 0 spiro atoms. The Hall–Kier alpha value is -3.32. The fourth-order valence-corrected chi connectivity index (χ4v) is 6.60. The quantitative estimate of drug-likeness (QED) is 0.493. The van der Waals surface area contributed by atoms with E-state index in [9.17, 15) is 9.00 Å². The topological polar surface area (TPSA) is 123 Å². The molecule has 3 aliphatic rings. The smallest absolute Gasteiger partial charge is 0.274 e. The van der Waals surface area contributed by atoms with Crippen LogP contribution in [0, 0.1) is 6.92 Å². The van der Waals surface area contributed by atoms with Gasteiger partial charge < -0.3 is 24.4 Å². The number of carbonyl (C=O) groups excluding carboxylic acids is 1. The summed E-state index contributed by atoms with van der Waals surface area (Å²) in [6.45, 7) is 5.71. The highest BCUT2D eigenvalue weighted by atomic mass is 32.2. The van der Waals surface area contributed by atoms with Crippen molar-refractivity contribution < 1.29 is 13.7 Å². The fourth-order valence-electron chi connectivity index (χ4n) is 5.29. The van der Waals surface area contributed by atoms with Gasteiger partial charge in [-0.3, -0.25) is 13.7 Å². The summed E-state index contributed by atoms with van der Waals surface area (Å²) in [5.74, 6) is 2.54. The summed E-state index contributed by atoms with van der Waals surface area (Å²) in [7, 11) is 2.56. The van der Waals surface area contributed by atoms with Crippen molar-refractivity contribution in [1.82, 2.24) is 34.2 Å². The monoisotopic (exact) mass is 539 g/mol. The number of nitrogens with zero attached hydrogens (tertiary/aromatic N) is 8. The van der Waals surface area contributed by atoms with Gasteiger partial charge >= 0.3 is 0 Å². The lowest BCUT2D eigenvalue weighted by Crippen LogP contribution is -2.35. The first-order chi connectivity index (χ1) is 18.4. The molecule has 6 rings (SSSR count). The van der Waals surface area contributed by atoms with Crippen LogP contribution < -0.4 is 10.2 Å². The zero-order valence-electron chi connectivity index (χ0n) is 22.0. The Labute approximate surface area is 223 Å². The normalized spacial score (nSPS) is 19.3. The Kier molecular flexibility index (Phi) is 6.64. The molecule has 0 bridgehead atoms. The van der Waals surface area contributed by atoms with Crippen LogP contribution in [0.25, 0.3) is 0 Å². The number of amides is 1. The Balaban J connectivity index is 1.20. The third-order valence-corrected chi connectivity index (χ3v) is 8.85. The van der Waals surface area contributed by atoms with Crippen molar-refractivity contribution in [2.24, 2.45) is 7.05 Å². The average Bonchev–Trinajstić information content (AvgIpc) is 3.60. The van der Waals surface area contributed by atoms with E-state index in [1.54, 1.807) is 16.6 Å². The summed E-state index contributed by atoms with van der Waals surface area (Å²) < 4.78 is 22.0. The van der Waals surface area contributed by atoms with Crippen LogP contribution in [-0.4, -0.2) is 82.9 Å². The Morgan fingerprint density at radius 2 is 2.03 bits per heavy atom. The number of aromatic nitrogens is 6. The standard InChI is InChI=1S/C25H33N9O3S/c1-16-12-32(3)30-19(16)13-31(2)24(35)20-14-33-7-8-34(15-21(33)27-20)25-28-18-6-11-38(36)22(18)23(29-25)26-17-4-9-37-10-5-17/h12,14,17H,4-11,13,15H2,1-3H3,(H,26,28,29). The van der Waals surface area contributed by atoms with E-state index in [1.165, 1.54) is 0 Å². The van der Waals surface area contributed by atoms with Crippen molar-refractivity contribution in [2.75, 3.05) is 42.8 Å². The highest BCUT2D eigenvalue weighted by Gasteiger charge is 2.30. The van der Waals surface area contributed by atoms with Crippen LogP contribution >= 0.6 is 0 Å². The van der Waals surface area contributed by atoms with Crippen molar-refractivity contribution in [2.45, 2.75) is 56.8 Å². The summed E-state index contributed by atoms with van der Waals surface area (Å²) >= 11 is 0. The molecule has 3 aromatic rings. The van der Waals surface area contributed by atoms with Crippen molar-refractivity contribution in [3.8, 4) is 0 Å². The lowest BCUT2D eigenvalue weighted by atomic mass is 10.1. The van der Waals surface area contributed by atoms with Crippen molar-refractivity contribution in [3.63, 3.8) is 0 Å². The van der Waals surface area contributed by atoms with Crippen LogP contribution in [0.2, 0.25) is 0 Å². The molecule has 0 radical (unpaired) electrons. The molecule has 202 valence electrons. The van der Waals surface area contributed by atoms with Crippen molar-refractivity contribution in [1.29, 1.82) is 0 Å². The van der Waals surface area contributed by atoms with Gasteiger partial charge in [-0.1, -0.05) is 0 Å². The summed E-state index contributed by atoms with van der Waals surface area (Å²) in [6, 6.07) is 0.244. The molecule has 38 heavy (non-hydrogen) atoms. The molecule has 0 aromatic carbocycles. The van der Waals surface area contributed by atoms with E-state index >= 15 is 0 Å². The number of anilines is 2. The predicted molar refractivity (Wildman–Crippen MR) is 141 cm³/mol. The number of aryl methyl sites for hydroxylation is 3. The van der Waals surface area contributed by atoms with Crippen LogP contribution in [-0.2, 0) is 48.6 Å². The summed E-state index contributed by atoms with van der Waals surface area (Å²) in [6.07, 6.45) is 6.26. The van der Waals surface area contributed by atoms with E-state index in [4.69, 9.17) is 14.7 Å². The highest BCUT2D eigenvalue weighted by Crippen LogP contribution is 2.32. The van der Waals surface area contributed by atoms with E-state index in [2.05, 4.69) is 20.3 Å². The predicted octanol–water partition coefficient (Wildman–Crippen LogP) is 1.26. The molecule has 1 atom stereocenters. The van der Waals surface area contributed by atoms with Crippen molar-refractivity contribution >= 4 is 28.5 Å². The van der Waals surface area contributed by atoms with E-state index < -0.39 is 10.8 Å². The maximum Gasteiger partial charge on any atom is 0.274 e. The van der Waals surface area contributed by atoms with Crippen LogP contribution in [0.5, 0.6) is 0 Å². The zero-order chi connectivity index (χ0) is 26.4. The van der Waals surface area contributed by atoms with Gasteiger partial charge in [0, 0.05) is 71.0 Å². The molecule has 3 aromatic heterocycles. The van der Waals surface area contributed by atoms with Gasteiger partial charge in [0.05, 0.1) is 35.3 Å². The number of rotatable bonds is 6. The van der Waals surface area contributed by atoms with Crippen LogP contribution in [0.4, 0.5) is 11.8 Å². The summed E-state index contributed by atoms with van der Waals surface area (Å²) in [4.78, 5) is 32.0. The van der Waals surface area contributed by atoms with Gasteiger partial charge in [-0.25, -0.2) is 9.97 Å². The first-order valence-electron chi connectivity index (χ1n) is 13.0. The molecule has 1 N–H and O–H groups in total. The van der Waals surface area contributed by atoms with Crippen LogP contribution in [0.1, 0.15) is 46.1 Å². The van der Waals surface area contributed by atoms with Gasteiger partial charge in [0.1, 0.15) is 22.2 Å². The minimum atomic E-state index is -1.09. The maximum absolute atomic E-state index is 13.2. The minimum absolute atomic E-state index is 0.136. The molecule has 1 saturated heterocycles. The Morgan fingerprint density at radius 3 is 2.79 bits per heavy atom. The molecule has 1 fully saturated rings. The highest BCUT2D eigenvalue weighted by molar-refractivity contribution is 7.85. The van der Waals surface area contributed by atoms with Gasteiger partial charge in [-0.05, 0) is 25.3 Å². The van der Waals surface area contributed by atoms with Crippen LogP contribution in [0.3, 0.4) is 0 Å². The number of imidazole rings is 1. The lowest BCUT2D eigenvalue weighted by Gasteiger charge is -2.29. The Morgan fingerprint density at radius 1 is 1.21 bits per heavy atom. The maximum atomic E-state index is 13.2. The molecule has 6 heterocycles. The second-order valence-electron chi connectivity index (χ2n) is 10.2. The SMILES string of the molecule is Cc1cn(C)nc1CN(C)C(=O)c1cn2c(n1)CN(c1nc3c(c(NC4CCOCC4)n1)S(=O)CC3)CC2. The second kappa shape index (κ2) is 10.1. The third-order valence-electron chi connectivity index (χ3n) is 7.39. The number of ether oxygens (including phenoxy) is 1. The van der Waals surface area contributed by atoms with Crippen molar-refractivity contribution in [3.05, 3.63) is 40.9 Å². The van der Waals surface area contributed by atoms with E-state index in [0.717, 1.165) is 40.5 Å². The second-order valence-corrected chi connectivity index (χ2v) is 11.7. The molecule has 0 aliphatic carbocycles. The Bertz CT molecular complexity index is 1390. The molecule has 12 nitrogen and oxygen atoms in total. The molecule has 13 heteroatoms. The first kappa shape index (κ1) is 25.0. The number of carbonyl (C=O) groups is 1. The van der Waals surface area contributed by atoms with Gasteiger partial charge in [0.25, 0.3) is 5.91 Å². The first-order valence-corrected chi connectivity index (χ1v) is 14.4. The van der Waals surface area contributed by atoms with Gasteiger partial charge in [-0.2, -0.15) is 10.1 Å². The number of nitrogens with one attached hydrogen (secondary N) is 1. The number of fused-ring (bicyclic) bond motifs is 2. The zero-order valence-corrected chi connectivity index (χ0v) is 22.8. The summed E-state index contributed by atoms with van der Waals surface area (Å²) in [5, 5.41) is 7.99. The lowest BCUT2D eigenvalue weighted by molar-refractivity contribution is 0.0777. The number of hydrogen-bond acceptors (Lipinski definition) is 9.